The van der Waals surface area contributed by atoms with Gasteiger partial charge < -0.3 is 19.6 Å². The van der Waals surface area contributed by atoms with Gasteiger partial charge in [0.25, 0.3) is 0 Å². The first-order valence-electron chi connectivity index (χ1n) is 10.5. The molecule has 2 N–H and O–H groups in total. The Morgan fingerprint density at radius 2 is 2.03 bits per heavy atom. The molecule has 0 amide bonds. The molecule has 0 saturated carbocycles. The maximum Gasteiger partial charge on any atom is 0.191 e. The molecule has 1 unspecified atom stereocenters. The van der Waals surface area contributed by atoms with E-state index in [1.54, 1.807) is 12.6 Å². The van der Waals surface area contributed by atoms with Crippen molar-refractivity contribution in [3.63, 3.8) is 0 Å². The molecule has 9 heteroatoms. The van der Waals surface area contributed by atoms with Gasteiger partial charge in [-0.25, -0.2) is 0 Å². The molecule has 1 aliphatic rings. The van der Waals surface area contributed by atoms with Crippen molar-refractivity contribution in [1.82, 2.24) is 30.3 Å². The average Bonchev–Trinajstić information content (AvgIpc) is 3.48. The number of hydrogen-bond donors (Lipinski definition) is 2. The molecule has 1 atom stereocenters. The number of aliphatic imine (C=N–C) groups is 1. The second kappa shape index (κ2) is 12.8. The highest BCUT2D eigenvalue weighted by Gasteiger charge is 2.25. The van der Waals surface area contributed by atoms with Crippen LogP contribution in [0.4, 0.5) is 0 Å². The number of aryl methyl sites for hydroxylation is 1. The molecule has 0 bridgehead atoms. The fourth-order valence-electron chi connectivity index (χ4n) is 3.55. The third-order valence-electron chi connectivity index (χ3n) is 5.07. The zero-order chi connectivity index (χ0) is 19.6. The standard InChI is InChI=1S/C20H33N7O.HI/c1-3-9-21-20(22-10-13-27-16-24-25-19(27)4-2)23-15-17(18-8-7-14-28-18)26-11-5-6-12-26;/h7-8,14,16-17H,3-6,9-13,15H2,1-2H3,(H2,21,22,23);1H. The lowest BCUT2D eigenvalue weighted by Gasteiger charge is -2.24. The lowest BCUT2D eigenvalue weighted by molar-refractivity contribution is 0.221. The van der Waals surface area contributed by atoms with Gasteiger partial charge in [0.15, 0.2) is 5.96 Å². The van der Waals surface area contributed by atoms with Gasteiger partial charge in [-0.15, -0.1) is 34.2 Å². The van der Waals surface area contributed by atoms with Gasteiger partial charge in [0.2, 0.25) is 0 Å². The van der Waals surface area contributed by atoms with Gasteiger partial charge >= 0.3 is 0 Å². The van der Waals surface area contributed by atoms with Gasteiger partial charge in [-0.3, -0.25) is 9.89 Å². The van der Waals surface area contributed by atoms with E-state index in [0.717, 1.165) is 63.1 Å². The predicted octanol–water partition coefficient (Wildman–Crippen LogP) is 2.83. The van der Waals surface area contributed by atoms with Crippen LogP contribution in [0.15, 0.2) is 34.1 Å². The molecular weight excluding hydrogens is 481 g/mol. The number of hydrogen-bond acceptors (Lipinski definition) is 5. The number of furan rings is 1. The minimum Gasteiger partial charge on any atom is -0.468 e. The van der Waals surface area contributed by atoms with E-state index in [0.29, 0.717) is 6.54 Å². The van der Waals surface area contributed by atoms with Crippen molar-refractivity contribution in [3.05, 3.63) is 36.3 Å². The maximum atomic E-state index is 5.71. The van der Waals surface area contributed by atoms with Crippen LogP contribution in [0, 0.1) is 0 Å². The monoisotopic (exact) mass is 515 g/mol. The normalized spacial score (nSPS) is 15.9. The summed E-state index contributed by atoms with van der Waals surface area (Å²) in [5.74, 6) is 2.86. The molecule has 2 aromatic rings. The van der Waals surface area contributed by atoms with Crippen molar-refractivity contribution >= 4 is 29.9 Å². The Hall–Kier alpha value is -1.62. The van der Waals surface area contributed by atoms with E-state index in [1.165, 1.54) is 12.8 Å². The number of nitrogens with one attached hydrogen (secondary N) is 2. The van der Waals surface area contributed by atoms with E-state index in [4.69, 9.17) is 9.41 Å². The molecule has 162 valence electrons. The van der Waals surface area contributed by atoms with Crippen LogP contribution in [0.2, 0.25) is 0 Å². The van der Waals surface area contributed by atoms with Crippen LogP contribution in [-0.4, -0.2) is 58.3 Å². The molecule has 1 fully saturated rings. The van der Waals surface area contributed by atoms with Crippen molar-refractivity contribution in [2.45, 2.75) is 52.1 Å². The molecular formula is C20H34IN7O. The van der Waals surface area contributed by atoms with Crippen LogP contribution in [0.3, 0.4) is 0 Å². The molecule has 0 aromatic carbocycles. The molecule has 0 spiro atoms. The fraction of sp³-hybridized carbons (Fsp3) is 0.650. The van der Waals surface area contributed by atoms with Gasteiger partial charge in [0, 0.05) is 26.1 Å². The lowest BCUT2D eigenvalue weighted by Crippen LogP contribution is -2.40. The molecule has 3 rings (SSSR count). The highest BCUT2D eigenvalue weighted by atomic mass is 127. The number of halogens is 1. The van der Waals surface area contributed by atoms with Crippen LogP contribution >= 0.6 is 24.0 Å². The highest BCUT2D eigenvalue weighted by molar-refractivity contribution is 14.0. The van der Waals surface area contributed by atoms with E-state index in [2.05, 4.69) is 50.2 Å². The predicted molar refractivity (Wildman–Crippen MR) is 126 cm³/mol. The van der Waals surface area contributed by atoms with E-state index in [1.807, 2.05) is 6.07 Å². The summed E-state index contributed by atoms with van der Waals surface area (Å²) in [6.45, 7) is 9.64. The SMILES string of the molecule is CCCNC(=NCC(c1ccco1)N1CCCC1)NCCn1cnnc1CC.I. The molecule has 1 saturated heterocycles. The Morgan fingerprint density at radius 3 is 2.72 bits per heavy atom. The van der Waals surface area contributed by atoms with Crippen molar-refractivity contribution in [2.24, 2.45) is 4.99 Å². The summed E-state index contributed by atoms with van der Waals surface area (Å²) in [7, 11) is 0. The van der Waals surface area contributed by atoms with E-state index in [9.17, 15) is 0 Å². The summed E-state index contributed by atoms with van der Waals surface area (Å²) < 4.78 is 7.79. The molecule has 2 aromatic heterocycles. The zero-order valence-electron chi connectivity index (χ0n) is 17.5. The summed E-state index contributed by atoms with van der Waals surface area (Å²) in [6.07, 6.45) is 7.98. The second-order valence-electron chi connectivity index (χ2n) is 7.11. The van der Waals surface area contributed by atoms with Gasteiger partial charge in [0.05, 0.1) is 18.8 Å². The number of guanidine groups is 1. The second-order valence-corrected chi connectivity index (χ2v) is 7.11. The van der Waals surface area contributed by atoms with Crippen molar-refractivity contribution in [2.75, 3.05) is 32.7 Å². The number of likely N-dealkylation sites (tertiary alicyclic amines) is 1. The Balaban J connectivity index is 0.00000300. The maximum absolute atomic E-state index is 5.71. The summed E-state index contributed by atoms with van der Waals surface area (Å²) in [5, 5.41) is 15.0. The first-order valence-corrected chi connectivity index (χ1v) is 10.5. The number of rotatable bonds is 10. The first-order chi connectivity index (χ1) is 13.8. The van der Waals surface area contributed by atoms with Crippen LogP contribution in [0.5, 0.6) is 0 Å². The van der Waals surface area contributed by atoms with E-state index in [-0.39, 0.29) is 30.0 Å². The Bertz CT molecular complexity index is 710. The molecule has 29 heavy (non-hydrogen) atoms. The van der Waals surface area contributed by atoms with Gasteiger partial charge in [-0.1, -0.05) is 13.8 Å². The molecule has 0 aliphatic carbocycles. The molecule has 8 nitrogen and oxygen atoms in total. The third kappa shape index (κ3) is 6.98. The largest absolute Gasteiger partial charge is 0.468 e. The summed E-state index contributed by atoms with van der Waals surface area (Å²) in [5.41, 5.74) is 0. The Morgan fingerprint density at radius 1 is 1.24 bits per heavy atom. The van der Waals surface area contributed by atoms with Crippen molar-refractivity contribution < 1.29 is 4.42 Å². The molecule has 0 radical (unpaired) electrons. The van der Waals surface area contributed by atoms with E-state index >= 15 is 0 Å². The van der Waals surface area contributed by atoms with Crippen LogP contribution in [0.1, 0.15) is 50.7 Å². The number of nitrogens with zero attached hydrogens (tertiary/aromatic N) is 5. The van der Waals surface area contributed by atoms with Crippen LogP contribution < -0.4 is 10.6 Å². The lowest BCUT2D eigenvalue weighted by atomic mass is 10.2. The summed E-state index contributed by atoms with van der Waals surface area (Å²) in [4.78, 5) is 7.35. The highest BCUT2D eigenvalue weighted by Crippen LogP contribution is 2.25. The fourth-order valence-corrected chi connectivity index (χ4v) is 3.55. The van der Waals surface area contributed by atoms with Crippen LogP contribution in [-0.2, 0) is 13.0 Å². The Labute approximate surface area is 190 Å². The van der Waals surface area contributed by atoms with E-state index < -0.39 is 0 Å². The molecule has 1 aliphatic heterocycles. The smallest absolute Gasteiger partial charge is 0.191 e. The number of aromatic nitrogens is 3. The van der Waals surface area contributed by atoms with Gasteiger partial charge in [-0.2, -0.15) is 0 Å². The van der Waals surface area contributed by atoms with Crippen LogP contribution in [0.25, 0.3) is 0 Å². The minimum absolute atomic E-state index is 0. The first kappa shape index (κ1) is 23.7. The average molecular weight is 515 g/mol. The summed E-state index contributed by atoms with van der Waals surface area (Å²) >= 11 is 0. The van der Waals surface area contributed by atoms with Crippen molar-refractivity contribution in [1.29, 1.82) is 0 Å². The van der Waals surface area contributed by atoms with Gasteiger partial charge in [-0.05, 0) is 44.5 Å². The van der Waals surface area contributed by atoms with Gasteiger partial charge in [0.1, 0.15) is 17.9 Å². The Kier molecular flexibility index (Phi) is 10.5. The third-order valence-corrected chi connectivity index (χ3v) is 5.07. The summed E-state index contributed by atoms with van der Waals surface area (Å²) in [6, 6.07) is 4.21. The topological polar surface area (TPSA) is 83.5 Å². The minimum atomic E-state index is 0. The zero-order valence-corrected chi connectivity index (χ0v) is 19.8. The molecule has 3 heterocycles. The van der Waals surface area contributed by atoms with Crippen molar-refractivity contribution in [3.8, 4) is 0 Å². The quantitative estimate of drug-likeness (QED) is 0.288.